The molecular formula is C13H14N4O6. The van der Waals surface area contributed by atoms with E-state index < -0.39 is 36.2 Å². The van der Waals surface area contributed by atoms with Crippen LogP contribution in [0.5, 0.6) is 0 Å². The highest BCUT2D eigenvalue weighted by Gasteiger charge is 2.45. The number of nitrogens with one attached hydrogen (secondary N) is 2. The van der Waals surface area contributed by atoms with Crippen LogP contribution in [0.3, 0.4) is 0 Å². The van der Waals surface area contributed by atoms with Crippen molar-refractivity contribution in [3.05, 3.63) is 24.2 Å². The number of carbonyl (C=O) groups excluding carboxylic acids is 5. The third kappa shape index (κ3) is 3.54. The fraction of sp³-hybridized carbons (Fsp3) is 0.308. The van der Waals surface area contributed by atoms with E-state index in [0.29, 0.717) is 15.6 Å². The predicted octanol–water partition coefficient (Wildman–Crippen LogP) is -1.57. The number of nitrogens with zero attached hydrogens (tertiary/aromatic N) is 2. The van der Waals surface area contributed by atoms with Crippen LogP contribution in [0.2, 0.25) is 0 Å². The van der Waals surface area contributed by atoms with Crippen molar-refractivity contribution in [3.8, 4) is 0 Å². The topological polar surface area (TPSA) is 129 Å². The van der Waals surface area contributed by atoms with Gasteiger partial charge in [0.15, 0.2) is 0 Å². The van der Waals surface area contributed by atoms with Crippen LogP contribution in [0.15, 0.2) is 22.8 Å². The SMILES string of the molecule is CNC(=O)CNC(=O)CN1C(=O)C(=O)N(Cc2ccco2)C1=O. The number of hydrogen-bond acceptors (Lipinski definition) is 6. The summed E-state index contributed by atoms with van der Waals surface area (Å²) >= 11 is 0. The van der Waals surface area contributed by atoms with E-state index in [4.69, 9.17) is 4.42 Å². The van der Waals surface area contributed by atoms with E-state index in [1.54, 1.807) is 12.1 Å². The van der Waals surface area contributed by atoms with E-state index in [2.05, 4.69) is 10.6 Å². The molecule has 2 rings (SSSR count). The van der Waals surface area contributed by atoms with Crippen molar-refractivity contribution in [2.75, 3.05) is 20.1 Å². The number of amides is 6. The highest BCUT2D eigenvalue weighted by atomic mass is 16.3. The highest BCUT2D eigenvalue weighted by molar-refractivity contribution is 6.44. The van der Waals surface area contributed by atoms with Crippen molar-refractivity contribution in [1.29, 1.82) is 0 Å². The minimum absolute atomic E-state index is 0.202. The van der Waals surface area contributed by atoms with E-state index in [-0.39, 0.29) is 13.1 Å². The number of urea groups is 1. The maximum atomic E-state index is 12.1. The molecule has 6 amide bonds. The fourth-order valence-electron chi connectivity index (χ4n) is 1.85. The lowest BCUT2D eigenvalue weighted by Gasteiger charge is -2.14. The Bertz CT molecular complexity index is 653. The normalized spacial score (nSPS) is 14.4. The van der Waals surface area contributed by atoms with Gasteiger partial charge >= 0.3 is 17.8 Å². The summed E-state index contributed by atoms with van der Waals surface area (Å²) in [5.41, 5.74) is 0. The Morgan fingerprint density at radius 1 is 1.13 bits per heavy atom. The summed E-state index contributed by atoms with van der Waals surface area (Å²) in [7, 11) is 1.40. The van der Waals surface area contributed by atoms with E-state index in [0.717, 1.165) is 0 Å². The number of likely N-dealkylation sites (N-methyl/N-ethyl adjacent to an activating group) is 1. The number of furan rings is 1. The highest BCUT2D eigenvalue weighted by Crippen LogP contribution is 2.15. The van der Waals surface area contributed by atoms with Crippen LogP contribution >= 0.6 is 0 Å². The van der Waals surface area contributed by atoms with Crippen molar-refractivity contribution in [2.45, 2.75) is 6.54 Å². The summed E-state index contributed by atoms with van der Waals surface area (Å²) in [5.74, 6) is -2.98. The van der Waals surface area contributed by atoms with Gasteiger partial charge in [0, 0.05) is 7.05 Å². The zero-order valence-electron chi connectivity index (χ0n) is 12.2. The summed E-state index contributed by atoms with van der Waals surface area (Å²) in [5, 5.41) is 4.53. The largest absolute Gasteiger partial charge is 0.467 e. The standard InChI is InChI=1S/C13H14N4O6/c1-14-9(18)5-15-10(19)7-17-12(21)11(20)16(13(17)22)6-8-3-2-4-23-8/h2-4H,5-7H2,1H3,(H,14,18)(H,15,19). The first-order chi connectivity index (χ1) is 10.9. The molecule has 1 saturated heterocycles. The van der Waals surface area contributed by atoms with Crippen LogP contribution in [0.25, 0.3) is 0 Å². The van der Waals surface area contributed by atoms with Crippen molar-refractivity contribution in [2.24, 2.45) is 0 Å². The second-order valence-corrected chi connectivity index (χ2v) is 4.59. The molecule has 0 aliphatic carbocycles. The van der Waals surface area contributed by atoms with Gasteiger partial charge in [0.1, 0.15) is 12.3 Å². The molecule has 0 radical (unpaired) electrons. The van der Waals surface area contributed by atoms with E-state index in [9.17, 15) is 24.0 Å². The van der Waals surface area contributed by atoms with Gasteiger partial charge in [-0.3, -0.25) is 19.2 Å². The average Bonchev–Trinajstić information content (AvgIpc) is 3.12. The van der Waals surface area contributed by atoms with E-state index in [1.807, 2.05) is 0 Å². The second-order valence-electron chi connectivity index (χ2n) is 4.59. The van der Waals surface area contributed by atoms with Crippen LogP contribution < -0.4 is 10.6 Å². The molecule has 0 aromatic carbocycles. The Morgan fingerprint density at radius 2 is 1.83 bits per heavy atom. The molecule has 23 heavy (non-hydrogen) atoms. The van der Waals surface area contributed by atoms with Crippen molar-refractivity contribution < 1.29 is 28.4 Å². The second kappa shape index (κ2) is 6.73. The third-order valence-corrected chi connectivity index (χ3v) is 3.06. The molecule has 1 aliphatic rings. The van der Waals surface area contributed by atoms with Gasteiger partial charge in [0.05, 0.1) is 19.4 Å². The lowest BCUT2D eigenvalue weighted by molar-refractivity contribution is -0.144. The minimum atomic E-state index is -1.10. The molecule has 1 aliphatic heterocycles. The first-order valence-electron chi connectivity index (χ1n) is 6.61. The summed E-state index contributed by atoms with van der Waals surface area (Å²) in [6, 6.07) is 2.21. The molecule has 0 saturated carbocycles. The van der Waals surface area contributed by atoms with Gasteiger partial charge in [0.2, 0.25) is 11.8 Å². The Kier molecular flexibility index (Phi) is 4.74. The lowest BCUT2D eigenvalue weighted by Crippen LogP contribution is -2.44. The summed E-state index contributed by atoms with van der Waals surface area (Å²) < 4.78 is 5.02. The summed E-state index contributed by atoms with van der Waals surface area (Å²) in [6.07, 6.45) is 1.37. The van der Waals surface area contributed by atoms with Crippen LogP contribution in [-0.4, -0.2) is 59.6 Å². The smallest absolute Gasteiger partial charge is 0.335 e. The van der Waals surface area contributed by atoms with Crippen LogP contribution in [0.4, 0.5) is 4.79 Å². The number of carbonyl (C=O) groups is 5. The van der Waals surface area contributed by atoms with Crippen molar-refractivity contribution in [3.63, 3.8) is 0 Å². The molecule has 122 valence electrons. The zero-order chi connectivity index (χ0) is 17.0. The van der Waals surface area contributed by atoms with E-state index >= 15 is 0 Å². The molecule has 10 heteroatoms. The van der Waals surface area contributed by atoms with Crippen LogP contribution in [0, 0.1) is 0 Å². The average molecular weight is 322 g/mol. The van der Waals surface area contributed by atoms with E-state index in [1.165, 1.54) is 13.3 Å². The number of rotatable bonds is 6. The van der Waals surface area contributed by atoms with Gasteiger partial charge in [-0.25, -0.2) is 14.6 Å². The Morgan fingerprint density at radius 3 is 2.43 bits per heavy atom. The maximum absolute atomic E-state index is 12.1. The predicted molar refractivity (Wildman–Crippen MR) is 73.4 cm³/mol. The van der Waals surface area contributed by atoms with Crippen molar-refractivity contribution in [1.82, 2.24) is 20.4 Å². The Hall–Kier alpha value is -3.17. The monoisotopic (exact) mass is 322 g/mol. The van der Waals surface area contributed by atoms with Gasteiger partial charge in [-0.1, -0.05) is 0 Å². The van der Waals surface area contributed by atoms with Gasteiger partial charge < -0.3 is 15.1 Å². The fourth-order valence-corrected chi connectivity index (χ4v) is 1.85. The van der Waals surface area contributed by atoms with Gasteiger partial charge in [-0.2, -0.15) is 0 Å². The molecule has 0 bridgehead atoms. The molecular weight excluding hydrogens is 308 g/mol. The summed E-state index contributed by atoms with van der Waals surface area (Å²) in [6.45, 7) is -1.14. The first-order valence-corrected chi connectivity index (χ1v) is 6.61. The molecule has 0 atom stereocenters. The summed E-state index contributed by atoms with van der Waals surface area (Å²) in [4.78, 5) is 59.6. The molecule has 1 aromatic heterocycles. The van der Waals surface area contributed by atoms with Crippen molar-refractivity contribution >= 4 is 29.7 Å². The van der Waals surface area contributed by atoms with Gasteiger partial charge in [-0.05, 0) is 12.1 Å². The third-order valence-electron chi connectivity index (χ3n) is 3.06. The Labute approximate surface area is 130 Å². The number of hydrogen-bond donors (Lipinski definition) is 2. The molecule has 0 spiro atoms. The first kappa shape index (κ1) is 16.2. The molecule has 2 heterocycles. The zero-order valence-corrected chi connectivity index (χ0v) is 12.2. The molecule has 1 fully saturated rings. The molecule has 0 unspecified atom stereocenters. The minimum Gasteiger partial charge on any atom is -0.467 e. The van der Waals surface area contributed by atoms with Crippen LogP contribution in [0.1, 0.15) is 5.76 Å². The van der Waals surface area contributed by atoms with Gasteiger partial charge in [0.25, 0.3) is 0 Å². The van der Waals surface area contributed by atoms with Gasteiger partial charge in [-0.15, -0.1) is 0 Å². The van der Waals surface area contributed by atoms with Crippen LogP contribution in [-0.2, 0) is 25.7 Å². The maximum Gasteiger partial charge on any atom is 0.335 e. The number of imide groups is 2. The Balaban J connectivity index is 1.98. The molecule has 10 nitrogen and oxygen atoms in total. The molecule has 2 N–H and O–H groups in total. The molecule has 1 aromatic rings. The lowest BCUT2D eigenvalue weighted by atomic mass is 10.4. The quantitative estimate of drug-likeness (QED) is 0.481.